The molecule has 1 aromatic rings. The maximum Gasteiger partial charge on any atom is 0.242 e. The minimum atomic E-state index is -0.951. The van der Waals surface area contributed by atoms with E-state index in [0.29, 0.717) is 13.0 Å². The summed E-state index contributed by atoms with van der Waals surface area (Å²) in [5.41, 5.74) is 0.0275. The fourth-order valence-corrected chi connectivity index (χ4v) is 1.82. The van der Waals surface area contributed by atoms with E-state index in [9.17, 15) is 4.79 Å². The fourth-order valence-electron chi connectivity index (χ4n) is 1.82. The molecular weight excluding hydrogens is 240 g/mol. The van der Waals surface area contributed by atoms with Crippen molar-refractivity contribution < 1.29 is 9.53 Å². The van der Waals surface area contributed by atoms with Gasteiger partial charge in [0.1, 0.15) is 11.2 Å². The van der Waals surface area contributed by atoms with Gasteiger partial charge in [0.15, 0.2) is 0 Å². The van der Waals surface area contributed by atoms with Gasteiger partial charge in [-0.3, -0.25) is 4.79 Å². The molecule has 1 unspecified atom stereocenters. The zero-order valence-electron chi connectivity index (χ0n) is 11.9. The Bertz CT molecular complexity index is 493. The lowest BCUT2D eigenvalue weighted by molar-refractivity contribution is -0.137. The number of hydrogen-bond acceptors (Lipinski definition) is 3. The Kier molecular flexibility index (Phi) is 4.94. The summed E-state index contributed by atoms with van der Waals surface area (Å²) in [5, 5.41) is 9.14. The van der Waals surface area contributed by atoms with Gasteiger partial charge in [-0.25, -0.2) is 0 Å². The summed E-state index contributed by atoms with van der Waals surface area (Å²) in [4.78, 5) is 13.8. The zero-order chi connectivity index (χ0) is 14.5. The average Bonchev–Trinajstić information content (AvgIpc) is 2.45. The second kappa shape index (κ2) is 6.24. The Morgan fingerprint density at radius 1 is 1.53 bits per heavy atom. The van der Waals surface area contributed by atoms with Gasteiger partial charge in [-0.05, 0) is 31.0 Å². The fraction of sp³-hybridized carbons (Fsp3) is 0.467. The molecule has 19 heavy (non-hydrogen) atoms. The molecule has 0 aromatic heterocycles. The summed E-state index contributed by atoms with van der Waals surface area (Å²) >= 11 is 0. The van der Waals surface area contributed by atoms with Crippen LogP contribution in [0, 0.1) is 16.7 Å². The summed E-state index contributed by atoms with van der Waals surface area (Å²) in [5.74, 6) is 0.609. The van der Waals surface area contributed by atoms with Crippen LogP contribution in [0.15, 0.2) is 24.3 Å². The van der Waals surface area contributed by atoms with Crippen LogP contribution < -0.4 is 4.74 Å². The van der Waals surface area contributed by atoms with Crippen molar-refractivity contribution in [2.24, 2.45) is 5.41 Å². The number of methoxy groups -OCH3 is 1. The molecule has 1 amide bonds. The number of carbonyl (C=O) groups excluding carboxylic acids is 1. The van der Waals surface area contributed by atoms with Crippen molar-refractivity contribution in [1.82, 2.24) is 4.90 Å². The maximum absolute atomic E-state index is 12.3. The van der Waals surface area contributed by atoms with E-state index in [1.807, 2.05) is 31.2 Å². The molecule has 0 N–H and O–H groups in total. The highest BCUT2D eigenvalue weighted by molar-refractivity contribution is 5.84. The van der Waals surface area contributed by atoms with Gasteiger partial charge in [0, 0.05) is 13.6 Å². The monoisotopic (exact) mass is 260 g/mol. The van der Waals surface area contributed by atoms with Gasteiger partial charge in [0.25, 0.3) is 0 Å². The molecule has 0 aliphatic carbocycles. The lowest BCUT2D eigenvalue weighted by Crippen LogP contribution is -2.38. The lowest BCUT2D eigenvalue weighted by Gasteiger charge is -2.26. The van der Waals surface area contributed by atoms with Crippen LogP contribution in [0.5, 0.6) is 5.75 Å². The molecule has 4 heteroatoms. The number of rotatable bonds is 5. The normalized spacial score (nSPS) is 13.2. The molecule has 4 nitrogen and oxygen atoms in total. The summed E-state index contributed by atoms with van der Waals surface area (Å²) < 4.78 is 5.15. The van der Waals surface area contributed by atoms with Crippen LogP contribution in [-0.4, -0.2) is 25.0 Å². The number of nitriles is 1. The second-order valence-electron chi connectivity index (χ2n) is 4.81. The standard InChI is InChI=1S/C15H20N2O2/c1-5-15(2,11-16)14(18)17(3)10-12-7-6-8-13(9-12)19-4/h6-9H,5,10H2,1-4H3. The minimum Gasteiger partial charge on any atom is -0.497 e. The van der Waals surface area contributed by atoms with Crippen LogP contribution in [0.1, 0.15) is 25.8 Å². The Balaban J connectivity index is 2.82. The molecule has 0 aliphatic heterocycles. The molecule has 0 aliphatic rings. The molecule has 1 aromatic carbocycles. The van der Waals surface area contributed by atoms with Crippen LogP contribution in [-0.2, 0) is 11.3 Å². The summed E-state index contributed by atoms with van der Waals surface area (Å²) in [6.45, 7) is 3.99. The van der Waals surface area contributed by atoms with Crippen LogP contribution in [0.2, 0.25) is 0 Å². The first-order chi connectivity index (χ1) is 8.96. The van der Waals surface area contributed by atoms with E-state index in [1.165, 1.54) is 0 Å². The Morgan fingerprint density at radius 2 is 2.21 bits per heavy atom. The molecule has 0 heterocycles. The van der Waals surface area contributed by atoms with E-state index in [2.05, 4.69) is 6.07 Å². The lowest BCUT2D eigenvalue weighted by atomic mass is 9.88. The van der Waals surface area contributed by atoms with E-state index in [1.54, 1.807) is 26.0 Å². The Labute approximate surface area is 114 Å². The van der Waals surface area contributed by atoms with Crippen molar-refractivity contribution in [2.75, 3.05) is 14.2 Å². The summed E-state index contributed by atoms with van der Waals surface area (Å²) in [6, 6.07) is 9.66. The van der Waals surface area contributed by atoms with Gasteiger partial charge >= 0.3 is 0 Å². The number of amides is 1. The Morgan fingerprint density at radius 3 is 2.74 bits per heavy atom. The van der Waals surface area contributed by atoms with Crippen LogP contribution in [0.4, 0.5) is 0 Å². The smallest absolute Gasteiger partial charge is 0.242 e. The van der Waals surface area contributed by atoms with Crippen LogP contribution in [0.3, 0.4) is 0 Å². The number of nitrogens with zero attached hydrogens (tertiary/aromatic N) is 2. The number of hydrogen-bond donors (Lipinski definition) is 0. The topological polar surface area (TPSA) is 53.3 Å². The molecule has 1 rings (SSSR count). The molecule has 0 fully saturated rings. The van der Waals surface area contributed by atoms with Crippen molar-refractivity contribution in [3.05, 3.63) is 29.8 Å². The minimum absolute atomic E-state index is 0.152. The van der Waals surface area contributed by atoms with Crippen LogP contribution in [0.25, 0.3) is 0 Å². The molecular formula is C15H20N2O2. The largest absolute Gasteiger partial charge is 0.497 e. The molecule has 0 spiro atoms. The molecule has 0 bridgehead atoms. The van der Waals surface area contributed by atoms with Crippen molar-refractivity contribution in [3.63, 3.8) is 0 Å². The first kappa shape index (κ1) is 15.0. The third-order valence-electron chi connectivity index (χ3n) is 3.33. The summed E-state index contributed by atoms with van der Waals surface area (Å²) in [7, 11) is 3.32. The predicted molar refractivity (Wildman–Crippen MR) is 73.5 cm³/mol. The summed E-state index contributed by atoms with van der Waals surface area (Å²) in [6.07, 6.45) is 0.505. The first-order valence-electron chi connectivity index (χ1n) is 6.26. The highest BCUT2D eigenvalue weighted by Gasteiger charge is 2.33. The highest BCUT2D eigenvalue weighted by atomic mass is 16.5. The van der Waals surface area contributed by atoms with Gasteiger partial charge in [0.2, 0.25) is 5.91 Å². The number of ether oxygens (including phenoxy) is 1. The van der Waals surface area contributed by atoms with E-state index in [0.717, 1.165) is 11.3 Å². The van der Waals surface area contributed by atoms with E-state index >= 15 is 0 Å². The van der Waals surface area contributed by atoms with Crippen molar-refractivity contribution in [1.29, 1.82) is 5.26 Å². The predicted octanol–water partition coefficient (Wildman–Crippen LogP) is 2.59. The molecule has 102 valence electrons. The van der Waals surface area contributed by atoms with Crippen molar-refractivity contribution in [3.8, 4) is 11.8 Å². The van der Waals surface area contributed by atoms with E-state index < -0.39 is 5.41 Å². The average molecular weight is 260 g/mol. The molecule has 0 saturated carbocycles. The van der Waals surface area contributed by atoms with Crippen LogP contribution >= 0.6 is 0 Å². The zero-order valence-corrected chi connectivity index (χ0v) is 11.9. The third kappa shape index (κ3) is 3.47. The SMILES string of the molecule is CCC(C)(C#N)C(=O)N(C)Cc1cccc(OC)c1. The third-order valence-corrected chi connectivity index (χ3v) is 3.33. The molecule has 0 saturated heterocycles. The number of benzene rings is 1. The van der Waals surface area contributed by atoms with Gasteiger partial charge in [-0.2, -0.15) is 5.26 Å². The van der Waals surface area contributed by atoms with Gasteiger partial charge in [-0.15, -0.1) is 0 Å². The van der Waals surface area contributed by atoms with Gasteiger partial charge < -0.3 is 9.64 Å². The first-order valence-corrected chi connectivity index (χ1v) is 6.26. The van der Waals surface area contributed by atoms with E-state index in [-0.39, 0.29) is 5.91 Å². The molecule has 1 atom stereocenters. The quantitative estimate of drug-likeness (QED) is 0.817. The van der Waals surface area contributed by atoms with Gasteiger partial charge in [-0.1, -0.05) is 19.1 Å². The number of carbonyl (C=O) groups is 1. The maximum atomic E-state index is 12.3. The Hall–Kier alpha value is -2.02. The second-order valence-corrected chi connectivity index (χ2v) is 4.81. The van der Waals surface area contributed by atoms with Gasteiger partial charge in [0.05, 0.1) is 13.2 Å². The van der Waals surface area contributed by atoms with E-state index in [4.69, 9.17) is 10.00 Å². The van der Waals surface area contributed by atoms with Crippen molar-refractivity contribution in [2.45, 2.75) is 26.8 Å². The molecule has 0 radical (unpaired) electrons. The van der Waals surface area contributed by atoms with Crippen molar-refractivity contribution >= 4 is 5.91 Å². The highest BCUT2D eigenvalue weighted by Crippen LogP contribution is 2.23.